The summed E-state index contributed by atoms with van der Waals surface area (Å²) in [4.78, 5) is 10.3. The zero-order valence-corrected chi connectivity index (χ0v) is 6.87. The third-order valence-corrected chi connectivity index (χ3v) is 1.18. The second-order valence-electron chi connectivity index (χ2n) is 2.31. The van der Waals surface area contributed by atoms with E-state index in [9.17, 15) is 4.79 Å². The molecule has 1 atom stereocenters. The lowest BCUT2D eigenvalue weighted by Crippen LogP contribution is -2.20. The molecule has 0 bridgehead atoms. The highest BCUT2D eigenvalue weighted by atomic mass is 16.5. The lowest BCUT2D eigenvalue weighted by atomic mass is 10.2. The van der Waals surface area contributed by atoms with Gasteiger partial charge >= 0.3 is 5.97 Å². The first-order valence-electron chi connectivity index (χ1n) is 3.43. The topological polar surface area (TPSA) is 55.8 Å². The van der Waals surface area contributed by atoms with E-state index in [1.165, 1.54) is 14.0 Å². The van der Waals surface area contributed by atoms with Gasteiger partial charge in [-0.1, -0.05) is 0 Å². The Morgan fingerprint density at radius 1 is 1.55 bits per heavy atom. The Labute approximate surface area is 66.1 Å². The Kier molecular flexibility index (Phi) is 5.78. The minimum Gasteiger partial charge on any atom is -0.465 e. The summed E-state index contributed by atoms with van der Waals surface area (Å²) in [5.41, 5.74) is 0. The van der Waals surface area contributed by atoms with E-state index >= 15 is 0 Å². The molecule has 0 aromatic heterocycles. The molecule has 0 amide bonds. The summed E-state index contributed by atoms with van der Waals surface area (Å²) in [7, 11) is 1.54. The van der Waals surface area contributed by atoms with Gasteiger partial charge in [-0.2, -0.15) is 0 Å². The molecule has 0 saturated heterocycles. The predicted octanol–water partition coefficient (Wildman–Crippen LogP) is -0.196. The molecule has 11 heavy (non-hydrogen) atoms. The molecule has 0 aliphatic carbocycles. The standard InChI is InChI=1S/C7H14O4/c1-6(9)11-5-7(3-8)4-10-2/h7-8H,3-5H2,1-2H3. The van der Waals surface area contributed by atoms with Crippen LogP contribution in [0.5, 0.6) is 0 Å². The van der Waals surface area contributed by atoms with Crippen LogP contribution in [0.2, 0.25) is 0 Å². The smallest absolute Gasteiger partial charge is 0.302 e. The number of aliphatic hydroxyl groups excluding tert-OH is 1. The quantitative estimate of drug-likeness (QED) is 0.569. The Morgan fingerprint density at radius 2 is 2.18 bits per heavy atom. The Morgan fingerprint density at radius 3 is 2.55 bits per heavy atom. The summed E-state index contributed by atoms with van der Waals surface area (Å²) < 4.78 is 9.44. The second kappa shape index (κ2) is 6.12. The van der Waals surface area contributed by atoms with Crippen molar-refractivity contribution < 1.29 is 19.4 Å². The first kappa shape index (κ1) is 10.4. The number of aliphatic hydroxyl groups is 1. The highest BCUT2D eigenvalue weighted by molar-refractivity contribution is 5.65. The fraction of sp³-hybridized carbons (Fsp3) is 0.857. The van der Waals surface area contributed by atoms with Crippen molar-refractivity contribution in [2.24, 2.45) is 5.92 Å². The van der Waals surface area contributed by atoms with Gasteiger partial charge in [0.25, 0.3) is 0 Å². The van der Waals surface area contributed by atoms with Gasteiger partial charge in [0.2, 0.25) is 0 Å². The number of rotatable bonds is 5. The van der Waals surface area contributed by atoms with Gasteiger partial charge in [0.05, 0.1) is 19.8 Å². The van der Waals surface area contributed by atoms with Crippen molar-refractivity contribution in [1.29, 1.82) is 0 Å². The van der Waals surface area contributed by atoms with Gasteiger partial charge in [-0.3, -0.25) is 4.79 Å². The van der Waals surface area contributed by atoms with Crippen LogP contribution in [0.1, 0.15) is 6.92 Å². The van der Waals surface area contributed by atoms with E-state index in [2.05, 4.69) is 4.74 Å². The van der Waals surface area contributed by atoms with E-state index < -0.39 is 0 Å². The van der Waals surface area contributed by atoms with E-state index in [-0.39, 0.29) is 25.1 Å². The van der Waals surface area contributed by atoms with Crippen LogP contribution in [0, 0.1) is 5.92 Å². The molecule has 0 heterocycles. The third kappa shape index (κ3) is 5.82. The molecule has 66 valence electrons. The highest BCUT2D eigenvalue weighted by Gasteiger charge is 2.07. The van der Waals surface area contributed by atoms with Crippen LogP contribution in [0.4, 0.5) is 0 Å². The van der Waals surface area contributed by atoms with E-state index in [0.717, 1.165) is 0 Å². The number of methoxy groups -OCH3 is 1. The first-order chi connectivity index (χ1) is 5.20. The van der Waals surface area contributed by atoms with E-state index in [0.29, 0.717) is 6.61 Å². The average Bonchev–Trinajstić information content (AvgIpc) is 1.97. The normalized spacial score (nSPS) is 12.6. The molecule has 0 rings (SSSR count). The molecule has 0 radical (unpaired) electrons. The summed E-state index contributed by atoms with van der Waals surface area (Å²) in [6.45, 7) is 1.94. The molecular weight excluding hydrogens is 148 g/mol. The fourth-order valence-corrected chi connectivity index (χ4v) is 0.624. The van der Waals surface area contributed by atoms with Gasteiger partial charge in [0, 0.05) is 20.0 Å². The average molecular weight is 162 g/mol. The van der Waals surface area contributed by atoms with Crippen molar-refractivity contribution in [3.05, 3.63) is 0 Å². The van der Waals surface area contributed by atoms with Crippen LogP contribution >= 0.6 is 0 Å². The van der Waals surface area contributed by atoms with Crippen LogP contribution < -0.4 is 0 Å². The Bertz CT molecular complexity index is 113. The molecule has 0 fully saturated rings. The van der Waals surface area contributed by atoms with Gasteiger partial charge in [0.15, 0.2) is 0 Å². The van der Waals surface area contributed by atoms with Gasteiger partial charge < -0.3 is 14.6 Å². The number of hydrogen-bond acceptors (Lipinski definition) is 4. The van der Waals surface area contributed by atoms with E-state index in [4.69, 9.17) is 9.84 Å². The van der Waals surface area contributed by atoms with Gasteiger partial charge in [-0.25, -0.2) is 0 Å². The fourth-order valence-electron chi connectivity index (χ4n) is 0.624. The molecular formula is C7H14O4. The minimum atomic E-state index is -0.334. The van der Waals surface area contributed by atoms with Gasteiger partial charge in [-0.05, 0) is 0 Å². The Hall–Kier alpha value is -0.610. The van der Waals surface area contributed by atoms with E-state index in [1.54, 1.807) is 0 Å². The molecule has 0 aromatic rings. The van der Waals surface area contributed by atoms with Crippen molar-refractivity contribution in [2.75, 3.05) is 26.9 Å². The number of hydrogen-bond donors (Lipinski definition) is 1. The van der Waals surface area contributed by atoms with Crippen LogP contribution in [-0.2, 0) is 14.3 Å². The molecule has 0 saturated carbocycles. The van der Waals surface area contributed by atoms with Crippen molar-refractivity contribution >= 4 is 5.97 Å². The molecule has 1 unspecified atom stereocenters. The summed E-state index contributed by atoms with van der Waals surface area (Å²) in [6.07, 6.45) is 0. The first-order valence-corrected chi connectivity index (χ1v) is 3.43. The monoisotopic (exact) mass is 162 g/mol. The molecule has 0 spiro atoms. The SMILES string of the molecule is COCC(CO)COC(C)=O. The Balaban J connectivity index is 3.43. The predicted molar refractivity (Wildman–Crippen MR) is 39.1 cm³/mol. The number of carbonyl (C=O) groups is 1. The van der Waals surface area contributed by atoms with Crippen LogP contribution in [0.25, 0.3) is 0 Å². The maximum absolute atomic E-state index is 10.3. The van der Waals surface area contributed by atoms with Crippen LogP contribution in [0.3, 0.4) is 0 Å². The lowest BCUT2D eigenvalue weighted by molar-refractivity contribution is -0.143. The summed E-state index contributed by atoms with van der Waals surface area (Å²) in [6, 6.07) is 0. The maximum atomic E-state index is 10.3. The zero-order chi connectivity index (χ0) is 8.69. The minimum absolute atomic E-state index is 0.0267. The van der Waals surface area contributed by atoms with Gasteiger partial charge in [0.1, 0.15) is 0 Å². The molecule has 4 nitrogen and oxygen atoms in total. The largest absolute Gasteiger partial charge is 0.465 e. The summed E-state index contributed by atoms with van der Waals surface area (Å²) in [5.74, 6) is -0.441. The van der Waals surface area contributed by atoms with Crippen molar-refractivity contribution in [3.63, 3.8) is 0 Å². The van der Waals surface area contributed by atoms with Crippen molar-refractivity contribution in [1.82, 2.24) is 0 Å². The molecule has 4 heteroatoms. The molecule has 0 aromatic carbocycles. The van der Waals surface area contributed by atoms with Crippen LogP contribution in [0.15, 0.2) is 0 Å². The maximum Gasteiger partial charge on any atom is 0.302 e. The summed E-state index contributed by atoms with van der Waals surface area (Å²) in [5, 5.41) is 8.70. The van der Waals surface area contributed by atoms with Gasteiger partial charge in [-0.15, -0.1) is 0 Å². The van der Waals surface area contributed by atoms with Crippen molar-refractivity contribution in [3.8, 4) is 0 Å². The molecule has 0 aliphatic heterocycles. The number of ether oxygens (including phenoxy) is 2. The number of esters is 1. The summed E-state index contributed by atoms with van der Waals surface area (Å²) >= 11 is 0. The second-order valence-corrected chi connectivity index (χ2v) is 2.31. The zero-order valence-electron chi connectivity index (χ0n) is 6.87. The lowest BCUT2D eigenvalue weighted by Gasteiger charge is -2.11. The highest BCUT2D eigenvalue weighted by Crippen LogP contribution is 1.96. The van der Waals surface area contributed by atoms with Crippen molar-refractivity contribution in [2.45, 2.75) is 6.92 Å². The molecule has 1 N–H and O–H groups in total. The van der Waals surface area contributed by atoms with E-state index in [1.807, 2.05) is 0 Å². The molecule has 0 aliphatic rings. The van der Waals surface area contributed by atoms with Crippen LogP contribution in [-0.4, -0.2) is 38.0 Å². The number of carbonyl (C=O) groups excluding carboxylic acids is 1. The third-order valence-electron chi connectivity index (χ3n) is 1.18.